The Balaban J connectivity index is 1.51. The van der Waals surface area contributed by atoms with E-state index in [9.17, 15) is 0 Å². The summed E-state index contributed by atoms with van der Waals surface area (Å²) in [5.41, 5.74) is 3.68. The minimum atomic E-state index is 0.834. The number of thioether (sulfide) groups is 1. The highest BCUT2D eigenvalue weighted by Crippen LogP contribution is 2.28. The molecule has 0 saturated heterocycles. The fraction of sp³-hybridized carbons (Fsp3) is 0.235. The van der Waals surface area contributed by atoms with Crippen LogP contribution in [0.4, 0.5) is 10.8 Å². The Morgan fingerprint density at radius 1 is 1.00 bits per heavy atom. The molecule has 2 heterocycles. The fourth-order valence-electron chi connectivity index (χ4n) is 2.07. The zero-order valence-electron chi connectivity index (χ0n) is 12.9. The summed E-state index contributed by atoms with van der Waals surface area (Å²) < 4.78 is 0.992. The van der Waals surface area contributed by atoms with Gasteiger partial charge in [0.1, 0.15) is 0 Å². The first-order chi connectivity index (χ1) is 11.3. The molecule has 0 spiro atoms. The SMILES string of the molecule is CCc1ccc(Nc2nnc(SCCc3ccncc3)s2)cc1. The van der Waals surface area contributed by atoms with E-state index in [0.717, 1.165) is 33.8 Å². The van der Waals surface area contributed by atoms with E-state index in [0.29, 0.717) is 0 Å². The maximum Gasteiger partial charge on any atom is 0.210 e. The van der Waals surface area contributed by atoms with E-state index < -0.39 is 0 Å². The summed E-state index contributed by atoms with van der Waals surface area (Å²) in [4.78, 5) is 4.03. The van der Waals surface area contributed by atoms with Crippen LogP contribution in [0.1, 0.15) is 18.1 Å². The molecule has 0 unspecified atom stereocenters. The third-order valence-corrected chi connectivity index (χ3v) is 5.36. The van der Waals surface area contributed by atoms with Gasteiger partial charge < -0.3 is 5.32 Å². The van der Waals surface area contributed by atoms with Crippen LogP contribution >= 0.6 is 23.1 Å². The highest BCUT2D eigenvalue weighted by molar-refractivity contribution is 8.01. The quantitative estimate of drug-likeness (QED) is 0.637. The number of hydrogen-bond acceptors (Lipinski definition) is 6. The summed E-state index contributed by atoms with van der Waals surface area (Å²) in [7, 11) is 0. The molecule has 4 nitrogen and oxygen atoms in total. The number of aromatic nitrogens is 3. The first-order valence-electron chi connectivity index (χ1n) is 7.54. The zero-order chi connectivity index (χ0) is 15.9. The molecule has 118 valence electrons. The number of nitrogens with zero attached hydrogens (tertiary/aromatic N) is 3. The smallest absolute Gasteiger partial charge is 0.210 e. The number of pyridine rings is 1. The van der Waals surface area contributed by atoms with Crippen LogP contribution in [0.2, 0.25) is 0 Å². The van der Waals surface area contributed by atoms with Crippen molar-refractivity contribution in [2.45, 2.75) is 24.1 Å². The van der Waals surface area contributed by atoms with Gasteiger partial charge in [0.25, 0.3) is 0 Å². The molecule has 0 radical (unpaired) electrons. The van der Waals surface area contributed by atoms with Crippen LogP contribution in [0.3, 0.4) is 0 Å². The van der Waals surface area contributed by atoms with Gasteiger partial charge in [0.05, 0.1) is 0 Å². The first-order valence-corrected chi connectivity index (χ1v) is 9.35. The lowest BCUT2D eigenvalue weighted by Crippen LogP contribution is -1.89. The van der Waals surface area contributed by atoms with Gasteiger partial charge in [-0.1, -0.05) is 42.2 Å². The molecule has 2 aromatic heterocycles. The molecule has 0 aliphatic rings. The number of rotatable bonds is 7. The highest BCUT2D eigenvalue weighted by atomic mass is 32.2. The Hall–Kier alpha value is -1.92. The standard InChI is InChI=1S/C17H18N4S2/c1-2-13-3-5-15(6-4-13)19-16-20-21-17(23-16)22-12-9-14-7-10-18-11-8-14/h3-8,10-11H,2,9,12H2,1H3,(H,19,20). The molecule has 1 aromatic carbocycles. The predicted octanol–water partition coefficient (Wildman–Crippen LogP) is 4.57. The monoisotopic (exact) mass is 342 g/mol. The maximum absolute atomic E-state index is 4.23. The Labute approximate surface area is 144 Å². The van der Waals surface area contributed by atoms with E-state index >= 15 is 0 Å². The van der Waals surface area contributed by atoms with Gasteiger partial charge in [-0.2, -0.15) is 0 Å². The zero-order valence-corrected chi connectivity index (χ0v) is 14.5. The normalized spacial score (nSPS) is 10.7. The van der Waals surface area contributed by atoms with E-state index in [1.807, 2.05) is 24.5 Å². The van der Waals surface area contributed by atoms with Gasteiger partial charge in [-0.15, -0.1) is 10.2 Å². The van der Waals surface area contributed by atoms with Crippen molar-refractivity contribution in [3.8, 4) is 0 Å². The second-order valence-corrected chi connectivity index (χ2v) is 7.32. The minimum Gasteiger partial charge on any atom is -0.330 e. The molecule has 0 bridgehead atoms. The van der Waals surface area contributed by atoms with E-state index in [-0.39, 0.29) is 0 Å². The average molecular weight is 342 g/mol. The summed E-state index contributed by atoms with van der Waals surface area (Å²) in [6.07, 6.45) is 5.72. The van der Waals surface area contributed by atoms with Gasteiger partial charge in [0.15, 0.2) is 4.34 Å². The number of hydrogen-bond donors (Lipinski definition) is 1. The molecule has 0 amide bonds. The molecule has 6 heteroatoms. The van der Waals surface area contributed by atoms with E-state index in [1.165, 1.54) is 11.1 Å². The molecule has 23 heavy (non-hydrogen) atoms. The Bertz CT molecular complexity index is 726. The number of nitrogens with one attached hydrogen (secondary N) is 1. The van der Waals surface area contributed by atoms with Gasteiger partial charge in [-0.05, 0) is 48.2 Å². The molecule has 0 fully saturated rings. The lowest BCUT2D eigenvalue weighted by atomic mass is 10.1. The largest absolute Gasteiger partial charge is 0.330 e. The molecule has 0 aliphatic carbocycles. The molecule has 0 saturated carbocycles. The summed E-state index contributed by atoms with van der Waals surface area (Å²) in [5.74, 6) is 0.990. The Morgan fingerprint density at radius 2 is 1.78 bits per heavy atom. The van der Waals surface area contributed by atoms with Gasteiger partial charge >= 0.3 is 0 Å². The molecular formula is C17H18N4S2. The summed E-state index contributed by atoms with van der Waals surface area (Å²) in [5, 5.41) is 12.6. The average Bonchev–Trinajstić information content (AvgIpc) is 3.04. The third-order valence-electron chi connectivity index (χ3n) is 3.39. The van der Waals surface area contributed by atoms with Crippen LogP contribution in [0, 0.1) is 0 Å². The first kappa shape index (κ1) is 16.0. The van der Waals surface area contributed by atoms with Crippen molar-refractivity contribution in [1.29, 1.82) is 0 Å². The van der Waals surface area contributed by atoms with Crippen LogP contribution in [0.15, 0.2) is 53.1 Å². The number of anilines is 2. The second-order valence-electron chi connectivity index (χ2n) is 5.00. The van der Waals surface area contributed by atoms with E-state index in [1.54, 1.807) is 23.1 Å². The van der Waals surface area contributed by atoms with Crippen molar-refractivity contribution >= 4 is 33.9 Å². The Kier molecular flexibility index (Phi) is 5.60. The molecule has 0 aliphatic heterocycles. The summed E-state index contributed by atoms with van der Waals surface area (Å²) in [6, 6.07) is 12.5. The van der Waals surface area contributed by atoms with Gasteiger partial charge in [-0.3, -0.25) is 4.98 Å². The topological polar surface area (TPSA) is 50.7 Å². The predicted molar refractivity (Wildman–Crippen MR) is 97.7 cm³/mol. The van der Waals surface area contributed by atoms with Crippen LogP contribution < -0.4 is 5.32 Å². The van der Waals surface area contributed by atoms with Crippen molar-refractivity contribution in [1.82, 2.24) is 15.2 Å². The molecule has 3 rings (SSSR count). The van der Waals surface area contributed by atoms with Crippen molar-refractivity contribution in [3.63, 3.8) is 0 Å². The fourth-order valence-corrected chi connectivity index (χ4v) is 3.90. The van der Waals surface area contributed by atoms with Crippen molar-refractivity contribution in [2.75, 3.05) is 11.1 Å². The van der Waals surface area contributed by atoms with Gasteiger partial charge in [0, 0.05) is 23.8 Å². The minimum absolute atomic E-state index is 0.834. The maximum atomic E-state index is 4.23. The van der Waals surface area contributed by atoms with E-state index in [2.05, 4.69) is 51.7 Å². The van der Waals surface area contributed by atoms with Crippen molar-refractivity contribution < 1.29 is 0 Å². The van der Waals surface area contributed by atoms with Crippen LogP contribution in [-0.2, 0) is 12.8 Å². The van der Waals surface area contributed by atoms with Crippen molar-refractivity contribution in [3.05, 3.63) is 59.9 Å². The second kappa shape index (κ2) is 8.08. The van der Waals surface area contributed by atoms with E-state index in [4.69, 9.17) is 0 Å². The summed E-state index contributed by atoms with van der Waals surface area (Å²) >= 11 is 3.33. The van der Waals surface area contributed by atoms with Crippen LogP contribution in [0.5, 0.6) is 0 Å². The lowest BCUT2D eigenvalue weighted by Gasteiger charge is -2.02. The molecular weight excluding hydrogens is 324 g/mol. The summed E-state index contributed by atoms with van der Waals surface area (Å²) in [6.45, 7) is 2.16. The van der Waals surface area contributed by atoms with Gasteiger partial charge in [-0.25, -0.2) is 0 Å². The van der Waals surface area contributed by atoms with Gasteiger partial charge in [0.2, 0.25) is 5.13 Å². The third kappa shape index (κ3) is 4.77. The number of aryl methyl sites for hydroxylation is 2. The number of benzene rings is 1. The van der Waals surface area contributed by atoms with Crippen molar-refractivity contribution in [2.24, 2.45) is 0 Å². The van der Waals surface area contributed by atoms with Crippen LogP contribution in [0.25, 0.3) is 0 Å². The molecule has 1 N–H and O–H groups in total. The Morgan fingerprint density at radius 3 is 2.52 bits per heavy atom. The van der Waals surface area contributed by atoms with Crippen LogP contribution in [-0.4, -0.2) is 20.9 Å². The highest BCUT2D eigenvalue weighted by Gasteiger charge is 2.05. The molecule has 0 atom stereocenters. The molecule has 3 aromatic rings. The lowest BCUT2D eigenvalue weighted by molar-refractivity contribution is 1.01.